The van der Waals surface area contributed by atoms with E-state index in [9.17, 15) is 9.59 Å². The Labute approximate surface area is 211 Å². The lowest BCUT2D eigenvalue weighted by molar-refractivity contribution is 0.0971. The van der Waals surface area contributed by atoms with E-state index in [2.05, 4.69) is 6.92 Å². The predicted molar refractivity (Wildman–Crippen MR) is 143 cm³/mol. The summed E-state index contributed by atoms with van der Waals surface area (Å²) in [5.41, 5.74) is 5.27. The van der Waals surface area contributed by atoms with Crippen molar-refractivity contribution in [2.24, 2.45) is 0 Å². The molecule has 0 saturated carbocycles. The van der Waals surface area contributed by atoms with Gasteiger partial charge in [0.25, 0.3) is 5.91 Å². The molecular weight excluding hydrogens is 450 g/mol. The second-order valence-corrected chi connectivity index (χ2v) is 9.65. The van der Waals surface area contributed by atoms with Crippen LogP contribution in [0.1, 0.15) is 70.6 Å². The zero-order valence-electron chi connectivity index (χ0n) is 21.3. The maximum atomic E-state index is 13.9. The molecule has 0 aliphatic carbocycles. The van der Waals surface area contributed by atoms with Crippen molar-refractivity contribution in [3.63, 3.8) is 0 Å². The summed E-state index contributed by atoms with van der Waals surface area (Å²) < 4.78 is 12.0. The van der Waals surface area contributed by atoms with Gasteiger partial charge in [0.1, 0.15) is 11.3 Å². The highest BCUT2D eigenvalue weighted by Crippen LogP contribution is 2.42. The molecule has 1 aliphatic rings. The molecule has 0 spiro atoms. The molecule has 1 aromatic heterocycles. The molecule has 1 aliphatic heterocycles. The number of rotatable bonds is 7. The SMILES string of the molecule is CCCCCOc1ccc(C2c3c(oc4cc(C)c(C)cc4c3=O)C(=O)N2c2cccc(C)c2)cc1. The minimum absolute atomic E-state index is 0.113. The van der Waals surface area contributed by atoms with E-state index < -0.39 is 6.04 Å². The number of ether oxygens (including phenoxy) is 1. The first-order chi connectivity index (χ1) is 17.4. The lowest BCUT2D eigenvalue weighted by atomic mass is 9.97. The fraction of sp³-hybridized carbons (Fsp3) is 0.290. The van der Waals surface area contributed by atoms with Gasteiger partial charge in [-0.05, 0) is 85.8 Å². The smallest absolute Gasteiger partial charge is 0.295 e. The quantitative estimate of drug-likeness (QED) is 0.266. The molecule has 4 aromatic rings. The Morgan fingerprint density at radius 1 is 0.917 bits per heavy atom. The first-order valence-electron chi connectivity index (χ1n) is 12.6. The van der Waals surface area contributed by atoms with E-state index in [1.54, 1.807) is 4.90 Å². The molecule has 184 valence electrons. The van der Waals surface area contributed by atoms with Crippen LogP contribution in [-0.4, -0.2) is 12.5 Å². The normalized spacial score (nSPS) is 14.9. The van der Waals surface area contributed by atoms with Gasteiger partial charge < -0.3 is 9.15 Å². The number of carbonyl (C=O) groups excluding carboxylic acids is 1. The maximum Gasteiger partial charge on any atom is 0.295 e. The Morgan fingerprint density at radius 3 is 2.39 bits per heavy atom. The van der Waals surface area contributed by atoms with Crippen molar-refractivity contribution in [1.82, 2.24) is 0 Å². The number of amides is 1. The third-order valence-corrected chi connectivity index (χ3v) is 6.98. The second-order valence-electron chi connectivity index (χ2n) is 9.65. The van der Waals surface area contributed by atoms with Crippen molar-refractivity contribution in [2.45, 2.75) is 53.0 Å². The minimum atomic E-state index is -0.592. The summed E-state index contributed by atoms with van der Waals surface area (Å²) in [5.74, 6) is 0.582. The molecule has 36 heavy (non-hydrogen) atoms. The number of aryl methyl sites for hydroxylation is 3. The molecule has 1 unspecified atom stereocenters. The fourth-order valence-electron chi connectivity index (χ4n) is 4.88. The van der Waals surface area contributed by atoms with Crippen LogP contribution in [0.25, 0.3) is 11.0 Å². The van der Waals surface area contributed by atoms with Gasteiger partial charge in [-0.15, -0.1) is 0 Å². The lowest BCUT2D eigenvalue weighted by Crippen LogP contribution is -2.29. The topological polar surface area (TPSA) is 59.8 Å². The Kier molecular flexibility index (Phi) is 6.40. The summed E-state index contributed by atoms with van der Waals surface area (Å²) in [5, 5.41) is 0.497. The monoisotopic (exact) mass is 481 g/mol. The van der Waals surface area contributed by atoms with Crippen LogP contribution in [0.3, 0.4) is 0 Å². The minimum Gasteiger partial charge on any atom is -0.494 e. The molecule has 5 rings (SSSR count). The molecule has 5 heteroatoms. The highest BCUT2D eigenvalue weighted by atomic mass is 16.5. The van der Waals surface area contributed by atoms with Crippen molar-refractivity contribution in [3.8, 4) is 5.75 Å². The highest BCUT2D eigenvalue weighted by molar-refractivity contribution is 6.10. The van der Waals surface area contributed by atoms with Crippen LogP contribution in [-0.2, 0) is 0 Å². The molecule has 0 N–H and O–H groups in total. The molecule has 0 saturated heterocycles. The summed E-state index contributed by atoms with van der Waals surface area (Å²) in [4.78, 5) is 29.3. The van der Waals surface area contributed by atoms with Gasteiger partial charge in [0.05, 0.1) is 23.6 Å². The van der Waals surface area contributed by atoms with Gasteiger partial charge in [-0.2, -0.15) is 0 Å². The average Bonchev–Trinajstić information content (AvgIpc) is 3.16. The summed E-state index contributed by atoms with van der Waals surface area (Å²) in [6, 6.07) is 18.6. The van der Waals surface area contributed by atoms with Crippen molar-refractivity contribution < 1.29 is 13.9 Å². The summed E-state index contributed by atoms with van der Waals surface area (Å²) in [6.45, 7) is 8.76. The molecule has 0 radical (unpaired) electrons. The summed E-state index contributed by atoms with van der Waals surface area (Å²) >= 11 is 0. The van der Waals surface area contributed by atoms with Crippen molar-refractivity contribution in [2.75, 3.05) is 11.5 Å². The van der Waals surface area contributed by atoms with Crippen LogP contribution in [0.5, 0.6) is 5.75 Å². The van der Waals surface area contributed by atoms with Crippen LogP contribution in [0.15, 0.2) is 69.9 Å². The standard InChI is InChI=1S/C31H31NO4/c1-5-6-7-15-35-24-13-11-22(12-14-24)28-27-29(33)25-17-20(3)21(4)18-26(25)36-30(27)31(34)32(28)23-10-8-9-19(2)16-23/h8-14,16-18,28H,5-7,15H2,1-4H3. The van der Waals surface area contributed by atoms with E-state index in [-0.39, 0.29) is 17.1 Å². The molecule has 0 fully saturated rings. The van der Waals surface area contributed by atoms with E-state index in [0.29, 0.717) is 23.1 Å². The van der Waals surface area contributed by atoms with Gasteiger partial charge in [-0.25, -0.2) is 0 Å². The average molecular weight is 482 g/mol. The number of fused-ring (bicyclic) bond motifs is 2. The van der Waals surface area contributed by atoms with E-state index in [1.165, 1.54) is 0 Å². The van der Waals surface area contributed by atoms with Crippen LogP contribution in [0.2, 0.25) is 0 Å². The van der Waals surface area contributed by atoms with Crippen LogP contribution >= 0.6 is 0 Å². The zero-order chi connectivity index (χ0) is 25.4. The fourth-order valence-corrected chi connectivity index (χ4v) is 4.88. The van der Waals surface area contributed by atoms with Crippen LogP contribution in [0.4, 0.5) is 5.69 Å². The number of carbonyl (C=O) groups is 1. The first kappa shape index (κ1) is 23.9. The molecule has 2 heterocycles. The number of anilines is 1. The Balaban J connectivity index is 1.64. The third-order valence-electron chi connectivity index (χ3n) is 6.98. The van der Waals surface area contributed by atoms with E-state index in [1.807, 2.05) is 81.4 Å². The van der Waals surface area contributed by atoms with E-state index in [0.717, 1.165) is 53.0 Å². The number of unbranched alkanes of at least 4 members (excludes halogenated alkanes) is 2. The van der Waals surface area contributed by atoms with Gasteiger partial charge in [0, 0.05) is 5.69 Å². The third kappa shape index (κ3) is 4.19. The molecular formula is C31H31NO4. The first-order valence-corrected chi connectivity index (χ1v) is 12.6. The van der Waals surface area contributed by atoms with Crippen molar-refractivity contribution >= 4 is 22.6 Å². The zero-order valence-corrected chi connectivity index (χ0v) is 21.3. The molecule has 3 aromatic carbocycles. The van der Waals surface area contributed by atoms with Crippen molar-refractivity contribution in [3.05, 3.63) is 104 Å². The Hall–Kier alpha value is -3.86. The Morgan fingerprint density at radius 2 is 1.67 bits per heavy atom. The van der Waals surface area contributed by atoms with Gasteiger partial charge >= 0.3 is 0 Å². The maximum absolute atomic E-state index is 13.9. The second kappa shape index (κ2) is 9.65. The van der Waals surface area contributed by atoms with Crippen molar-refractivity contribution in [1.29, 1.82) is 0 Å². The highest BCUT2D eigenvalue weighted by Gasteiger charge is 2.43. The number of benzene rings is 3. The Bertz CT molecular complexity index is 1500. The van der Waals surface area contributed by atoms with Crippen LogP contribution in [0, 0.1) is 20.8 Å². The summed E-state index contributed by atoms with van der Waals surface area (Å²) in [7, 11) is 0. The van der Waals surface area contributed by atoms with Gasteiger partial charge in [0.2, 0.25) is 5.76 Å². The number of nitrogens with zero attached hydrogens (tertiary/aromatic N) is 1. The van der Waals surface area contributed by atoms with Gasteiger partial charge in [-0.3, -0.25) is 14.5 Å². The predicted octanol–water partition coefficient (Wildman–Crippen LogP) is 7.04. The van der Waals surface area contributed by atoms with E-state index in [4.69, 9.17) is 9.15 Å². The molecule has 1 amide bonds. The van der Waals surface area contributed by atoms with Crippen LogP contribution < -0.4 is 15.1 Å². The largest absolute Gasteiger partial charge is 0.494 e. The lowest BCUT2D eigenvalue weighted by Gasteiger charge is -2.25. The van der Waals surface area contributed by atoms with E-state index >= 15 is 0 Å². The molecule has 0 bridgehead atoms. The number of hydrogen-bond acceptors (Lipinski definition) is 4. The summed E-state index contributed by atoms with van der Waals surface area (Å²) in [6.07, 6.45) is 3.28. The molecule has 1 atom stereocenters. The van der Waals surface area contributed by atoms with Gasteiger partial charge in [0.15, 0.2) is 5.43 Å². The molecule has 5 nitrogen and oxygen atoms in total. The van der Waals surface area contributed by atoms with Gasteiger partial charge in [-0.1, -0.05) is 44.0 Å². The number of hydrogen-bond donors (Lipinski definition) is 0.